The molecule has 5 heteroatoms. The maximum atomic E-state index is 10.8. The zero-order chi connectivity index (χ0) is 15.4. The number of nitrogens with zero attached hydrogens (tertiary/aromatic N) is 1. The van der Waals surface area contributed by atoms with Crippen LogP contribution in [0.25, 0.3) is 11.3 Å². The lowest BCUT2D eigenvalue weighted by Crippen LogP contribution is -2.02. The van der Waals surface area contributed by atoms with E-state index in [1.165, 1.54) is 0 Å². The summed E-state index contributed by atoms with van der Waals surface area (Å²) in [5.74, 6) is 0.0853. The highest BCUT2D eigenvalue weighted by Gasteiger charge is 2.16. The molecule has 0 aliphatic carbocycles. The SMILES string of the molecule is C=C(Cc1nc(-c2ccc(Cl)cc2)c(CCC)o1)C(=O)O. The van der Waals surface area contributed by atoms with Gasteiger partial charge in [0, 0.05) is 22.6 Å². The number of hydrogen-bond donors (Lipinski definition) is 1. The van der Waals surface area contributed by atoms with E-state index in [9.17, 15) is 4.79 Å². The van der Waals surface area contributed by atoms with Crippen molar-refractivity contribution in [2.75, 3.05) is 0 Å². The molecule has 0 bridgehead atoms. The number of aromatic nitrogens is 1. The Hall–Kier alpha value is -2.07. The Kier molecular flexibility index (Phi) is 4.81. The molecule has 0 amide bonds. The van der Waals surface area contributed by atoms with Crippen molar-refractivity contribution in [3.8, 4) is 11.3 Å². The fourth-order valence-electron chi connectivity index (χ4n) is 1.96. The summed E-state index contributed by atoms with van der Waals surface area (Å²) in [4.78, 5) is 15.3. The van der Waals surface area contributed by atoms with Crippen LogP contribution >= 0.6 is 11.6 Å². The topological polar surface area (TPSA) is 63.3 Å². The molecule has 0 saturated carbocycles. The first-order valence-corrected chi connectivity index (χ1v) is 7.04. The standard InChI is InChI=1S/C16H16ClNO3/c1-3-4-13-15(11-5-7-12(17)8-6-11)18-14(21-13)9-10(2)16(19)20/h5-8H,2-4,9H2,1H3,(H,19,20). The predicted molar refractivity (Wildman–Crippen MR) is 81.4 cm³/mol. The Morgan fingerprint density at radius 3 is 2.62 bits per heavy atom. The average Bonchev–Trinajstić information content (AvgIpc) is 2.82. The molecular formula is C16H16ClNO3. The summed E-state index contributed by atoms with van der Waals surface area (Å²) < 4.78 is 5.69. The van der Waals surface area contributed by atoms with Gasteiger partial charge in [0.1, 0.15) is 11.5 Å². The van der Waals surface area contributed by atoms with Crippen molar-refractivity contribution >= 4 is 17.6 Å². The number of halogens is 1. The number of aryl methyl sites for hydroxylation is 1. The van der Waals surface area contributed by atoms with E-state index < -0.39 is 5.97 Å². The Morgan fingerprint density at radius 1 is 1.38 bits per heavy atom. The largest absolute Gasteiger partial charge is 0.478 e. The molecule has 0 fully saturated rings. The minimum absolute atomic E-state index is 0.0574. The number of hydrogen-bond acceptors (Lipinski definition) is 3. The highest BCUT2D eigenvalue weighted by atomic mass is 35.5. The number of oxazole rings is 1. The van der Waals surface area contributed by atoms with Crippen molar-refractivity contribution in [2.45, 2.75) is 26.2 Å². The van der Waals surface area contributed by atoms with Crippen LogP contribution in [-0.4, -0.2) is 16.1 Å². The molecule has 4 nitrogen and oxygen atoms in total. The second-order valence-corrected chi connectivity index (χ2v) is 5.16. The van der Waals surface area contributed by atoms with Gasteiger partial charge < -0.3 is 9.52 Å². The van der Waals surface area contributed by atoms with E-state index in [4.69, 9.17) is 21.1 Å². The van der Waals surface area contributed by atoms with Gasteiger partial charge in [-0.3, -0.25) is 0 Å². The third-order valence-electron chi connectivity index (χ3n) is 3.00. The van der Waals surface area contributed by atoms with Gasteiger partial charge in [-0.05, 0) is 18.6 Å². The molecule has 0 atom stereocenters. The van der Waals surface area contributed by atoms with Crippen molar-refractivity contribution in [2.24, 2.45) is 0 Å². The lowest BCUT2D eigenvalue weighted by Gasteiger charge is -1.99. The van der Waals surface area contributed by atoms with Gasteiger partial charge >= 0.3 is 5.97 Å². The first-order chi connectivity index (χ1) is 10.0. The van der Waals surface area contributed by atoms with Crippen molar-refractivity contribution in [1.82, 2.24) is 4.98 Å². The smallest absolute Gasteiger partial charge is 0.331 e. The first-order valence-electron chi connectivity index (χ1n) is 6.66. The summed E-state index contributed by atoms with van der Waals surface area (Å²) in [6.45, 7) is 5.55. The number of carboxylic acid groups (broad SMARTS) is 1. The van der Waals surface area contributed by atoms with E-state index in [-0.39, 0.29) is 12.0 Å². The van der Waals surface area contributed by atoms with Gasteiger partial charge in [-0.15, -0.1) is 0 Å². The quantitative estimate of drug-likeness (QED) is 0.815. The van der Waals surface area contributed by atoms with Crippen LogP contribution in [0.15, 0.2) is 40.8 Å². The van der Waals surface area contributed by atoms with Crippen LogP contribution in [0.5, 0.6) is 0 Å². The molecule has 2 rings (SSSR count). The molecular weight excluding hydrogens is 290 g/mol. The maximum Gasteiger partial charge on any atom is 0.331 e. The monoisotopic (exact) mass is 305 g/mol. The molecule has 1 heterocycles. The first kappa shape index (κ1) is 15.3. The Bertz CT molecular complexity index is 659. The normalized spacial score (nSPS) is 10.6. The number of carbonyl (C=O) groups is 1. The second-order valence-electron chi connectivity index (χ2n) is 4.72. The molecule has 0 saturated heterocycles. The molecule has 0 spiro atoms. The fraction of sp³-hybridized carbons (Fsp3) is 0.250. The van der Waals surface area contributed by atoms with Crippen LogP contribution < -0.4 is 0 Å². The molecule has 110 valence electrons. The average molecular weight is 306 g/mol. The second kappa shape index (κ2) is 6.59. The van der Waals surface area contributed by atoms with Crippen LogP contribution in [0.1, 0.15) is 25.0 Å². The molecule has 1 aromatic heterocycles. The van der Waals surface area contributed by atoms with E-state index in [1.54, 1.807) is 12.1 Å². The third-order valence-corrected chi connectivity index (χ3v) is 3.26. The molecule has 0 aliphatic rings. The predicted octanol–water partition coefficient (Wildman–Crippen LogP) is 4.13. The molecule has 0 unspecified atom stereocenters. The lowest BCUT2D eigenvalue weighted by molar-refractivity contribution is -0.132. The summed E-state index contributed by atoms with van der Waals surface area (Å²) >= 11 is 5.89. The minimum atomic E-state index is -1.04. The van der Waals surface area contributed by atoms with Gasteiger partial charge in [0.15, 0.2) is 5.89 Å². The van der Waals surface area contributed by atoms with E-state index in [0.29, 0.717) is 10.9 Å². The van der Waals surface area contributed by atoms with Gasteiger partial charge in [0.2, 0.25) is 0 Å². The highest BCUT2D eigenvalue weighted by molar-refractivity contribution is 6.30. The van der Waals surface area contributed by atoms with Gasteiger partial charge in [-0.1, -0.05) is 37.2 Å². The van der Waals surface area contributed by atoms with Crippen molar-refractivity contribution in [3.63, 3.8) is 0 Å². The van der Waals surface area contributed by atoms with Gasteiger partial charge in [-0.25, -0.2) is 9.78 Å². The number of aliphatic carboxylic acids is 1. The molecule has 21 heavy (non-hydrogen) atoms. The van der Waals surface area contributed by atoms with E-state index in [1.807, 2.05) is 19.1 Å². The summed E-state index contributed by atoms with van der Waals surface area (Å²) in [5, 5.41) is 9.54. The van der Waals surface area contributed by atoms with Gasteiger partial charge in [-0.2, -0.15) is 0 Å². The Balaban J connectivity index is 2.35. The van der Waals surface area contributed by atoms with Gasteiger partial charge in [0.05, 0.1) is 6.42 Å². The van der Waals surface area contributed by atoms with Crippen LogP contribution in [0, 0.1) is 0 Å². The zero-order valence-corrected chi connectivity index (χ0v) is 12.5. The van der Waals surface area contributed by atoms with E-state index >= 15 is 0 Å². The van der Waals surface area contributed by atoms with Gasteiger partial charge in [0.25, 0.3) is 0 Å². The zero-order valence-electron chi connectivity index (χ0n) is 11.7. The minimum Gasteiger partial charge on any atom is -0.478 e. The van der Waals surface area contributed by atoms with Crippen molar-refractivity contribution < 1.29 is 14.3 Å². The summed E-state index contributed by atoms with van der Waals surface area (Å²) in [7, 11) is 0. The molecule has 1 N–H and O–H groups in total. The van der Waals surface area contributed by atoms with Crippen molar-refractivity contribution in [1.29, 1.82) is 0 Å². The third kappa shape index (κ3) is 3.73. The molecule has 2 aromatic rings. The summed E-state index contributed by atoms with van der Waals surface area (Å²) in [5.41, 5.74) is 1.70. The summed E-state index contributed by atoms with van der Waals surface area (Å²) in [6, 6.07) is 7.32. The van der Waals surface area contributed by atoms with Crippen molar-refractivity contribution in [3.05, 3.63) is 53.1 Å². The number of carboxylic acids is 1. The Morgan fingerprint density at radius 2 is 2.05 bits per heavy atom. The number of rotatable bonds is 6. The van der Waals surface area contributed by atoms with E-state index in [0.717, 1.165) is 29.9 Å². The van der Waals surface area contributed by atoms with Crippen LogP contribution in [-0.2, 0) is 17.6 Å². The van der Waals surface area contributed by atoms with Crippen LogP contribution in [0.4, 0.5) is 0 Å². The number of benzene rings is 1. The van der Waals surface area contributed by atoms with E-state index in [2.05, 4.69) is 11.6 Å². The lowest BCUT2D eigenvalue weighted by atomic mass is 10.1. The fourth-order valence-corrected chi connectivity index (χ4v) is 2.09. The maximum absolute atomic E-state index is 10.8. The molecule has 0 radical (unpaired) electrons. The Labute approximate surface area is 128 Å². The van der Waals surface area contributed by atoms with Crippen LogP contribution in [0.3, 0.4) is 0 Å². The molecule has 0 aliphatic heterocycles. The molecule has 1 aromatic carbocycles. The van der Waals surface area contributed by atoms with Crippen LogP contribution in [0.2, 0.25) is 5.02 Å². The summed E-state index contributed by atoms with van der Waals surface area (Å²) in [6.07, 6.45) is 1.75. The highest BCUT2D eigenvalue weighted by Crippen LogP contribution is 2.27.